The summed E-state index contributed by atoms with van der Waals surface area (Å²) in [5.41, 5.74) is 3.43. The average molecular weight is 427 g/mol. The minimum Gasteiger partial charge on any atom is -0.345 e. The van der Waals surface area contributed by atoms with E-state index in [1.807, 2.05) is 50.1 Å². The molecule has 30 heavy (non-hydrogen) atoms. The predicted octanol–water partition coefficient (Wildman–Crippen LogP) is 2.60. The molecule has 9 heteroatoms. The molecule has 0 aliphatic heterocycles. The molecule has 158 valence electrons. The first-order valence-corrected chi connectivity index (χ1v) is 11.5. The summed E-state index contributed by atoms with van der Waals surface area (Å²) in [6.07, 6.45) is 1.68. The third-order valence-electron chi connectivity index (χ3n) is 5.09. The van der Waals surface area contributed by atoms with Crippen LogP contribution in [0.5, 0.6) is 0 Å². The van der Waals surface area contributed by atoms with Crippen LogP contribution in [0.3, 0.4) is 0 Å². The smallest absolute Gasteiger partial charge is 0.337 e. The molecular weight excluding hydrogens is 400 g/mol. The third kappa shape index (κ3) is 3.47. The second kappa shape index (κ2) is 8.14. The fraction of sp³-hybridized carbons (Fsp3) is 0.429. The van der Waals surface area contributed by atoms with Gasteiger partial charge in [-0.15, -0.1) is 0 Å². The summed E-state index contributed by atoms with van der Waals surface area (Å²) in [5, 5.41) is 0.234. The zero-order chi connectivity index (χ0) is 21.4. The van der Waals surface area contributed by atoms with Gasteiger partial charge in [0.25, 0.3) is 0 Å². The van der Waals surface area contributed by atoms with Gasteiger partial charge in [0.15, 0.2) is 11.3 Å². The minimum atomic E-state index is -1.33. The number of benzene rings is 1. The fourth-order valence-electron chi connectivity index (χ4n) is 3.60. The van der Waals surface area contributed by atoms with Crippen molar-refractivity contribution in [1.82, 2.24) is 23.9 Å². The van der Waals surface area contributed by atoms with E-state index in [9.17, 15) is 9.00 Å². The van der Waals surface area contributed by atoms with Crippen LogP contribution in [-0.4, -0.2) is 47.5 Å². The standard InChI is InChI=1S/C21H26N6O2S/c1-5-11-25(4)20-23-17-16-18(24-19(22-17)30(29)12-6-2)26(21(28)27(16)20)13-15-9-7-14(3)8-10-15/h7-10H,5-6,11-13H2,1-4H3. The van der Waals surface area contributed by atoms with E-state index < -0.39 is 10.8 Å². The zero-order valence-electron chi connectivity index (χ0n) is 17.8. The number of hydrogen-bond acceptors (Lipinski definition) is 6. The largest absolute Gasteiger partial charge is 0.345 e. The SMILES string of the molecule is CCCN(C)c1nc2nc(S(=O)CCC)nc3c2n1c(=O)n3Cc1ccc(C)cc1. The van der Waals surface area contributed by atoms with E-state index in [0.29, 0.717) is 35.1 Å². The first kappa shape index (κ1) is 20.5. The summed E-state index contributed by atoms with van der Waals surface area (Å²) in [6, 6.07) is 8.06. The highest BCUT2D eigenvalue weighted by molar-refractivity contribution is 7.84. The normalized spacial score (nSPS) is 12.8. The lowest BCUT2D eigenvalue weighted by atomic mass is 10.1. The highest BCUT2D eigenvalue weighted by atomic mass is 32.2. The van der Waals surface area contributed by atoms with Crippen molar-refractivity contribution in [2.75, 3.05) is 24.2 Å². The molecule has 0 bridgehead atoms. The van der Waals surface area contributed by atoms with Gasteiger partial charge in [0, 0.05) is 19.3 Å². The van der Waals surface area contributed by atoms with E-state index in [-0.39, 0.29) is 10.8 Å². The lowest BCUT2D eigenvalue weighted by molar-refractivity contribution is 0.674. The summed E-state index contributed by atoms with van der Waals surface area (Å²) in [6.45, 7) is 7.21. The molecule has 1 unspecified atom stereocenters. The van der Waals surface area contributed by atoms with E-state index in [2.05, 4.69) is 21.9 Å². The van der Waals surface area contributed by atoms with Gasteiger partial charge < -0.3 is 4.90 Å². The summed E-state index contributed by atoms with van der Waals surface area (Å²) in [5.74, 6) is 1.01. The number of aryl methyl sites for hydroxylation is 1. The maximum absolute atomic E-state index is 13.4. The maximum atomic E-state index is 13.4. The molecule has 0 saturated carbocycles. The molecule has 3 aromatic heterocycles. The van der Waals surface area contributed by atoms with Crippen LogP contribution in [0.15, 0.2) is 34.2 Å². The van der Waals surface area contributed by atoms with Crippen LogP contribution >= 0.6 is 0 Å². The van der Waals surface area contributed by atoms with Gasteiger partial charge >= 0.3 is 5.69 Å². The predicted molar refractivity (Wildman–Crippen MR) is 119 cm³/mol. The Kier molecular flexibility index (Phi) is 5.55. The Balaban J connectivity index is 1.95. The lowest BCUT2D eigenvalue weighted by Crippen LogP contribution is -2.27. The Morgan fingerprint density at radius 1 is 1.07 bits per heavy atom. The maximum Gasteiger partial charge on any atom is 0.337 e. The van der Waals surface area contributed by atoms with Gasteiger partial charge in [-0.1, -0.05) is 43.7 Å². The van der Waals surface area contributed by atoms with E-state index >= 15 is 0 Å². The third-order valence-corrected chi connectivity index (χ3v) is 6.46. The van der Waals surface area contributed by atoms with Crippen molar-refractivity contribution >= 4 is 33.6 Å². The van der Waals surface area contributed by atoms with E-state index in [4.69, 9.17) is 0 Å². The van der Waals surface area contributed by atoms with Gasteiger partial charge in [-0.3, -0.25) is 8.78 Å². The summed E-state index contributed by atoms with van der Waals surface area (Å²) in [7, 11) is 0.578. The molecular formula is C21H26N6O2S. The number of imidazole rings is 2. The van der Waals surface area contributed by atoms with Gasteiger partial charge in [0.1, 0.15) is 5.52 Å². The molecule has 3 heterocycles. The van der Waals surface area contributed by atoms with Crippen molar-refractivity contribution in [3.8, 4) is 0 Å². The molecule has 0 aliphatic rings. The fourth-order valence-corrected chi connectivity index (χ4v) is 4.53. The molecule has 0 aliphatic carbocycles. The molecule has 1 atom stereocenters. The molecule has 0 saturated heterocycles. The van der Waals surface area contributed by atoms with Crippen LogP contribution in [0.1, 0.15) is 37.8 Å². The summed E-state index contributed by atoms with van der Waals surface area (Å²) >= 11 is 0. The Morgan fingerprint density at radius 2 is 1.80 bits per heavy atom. The van der Waals surface area contributed by atoms with Gasteiger partial charge in [-0.25, -0.2) is 14.2 Å². The van der Waals surface area contributed by atoms with Gasteiger partial charge in [-0.05, 0) is 25.3 Å². The van der Waals surface area contributed by atoms with Gasteiger partial charge in [0.05, 0.1) is 17.3 Å². The minimum absolute atomic E-state index is 0.209. The van der Waals surface area contributed by atoms with Crippen molar-refractivity contribution in [1.29, 1.82) is 0 Å². The lowest BCUT2D eigenvalue weighted by Gasteiger charge is -2.14. The quantitative estimate of drug-likeness (QED) is 0.403. The van der Waals surface area contributed by atoms with E-state index in [1.54, 1.807) is 8.97 Å². The van der Waals surface area contributed by atoms with Crippen LogP contribution in [-0.2, 0) is 17.3 Å². The second-order valence-electron chi connectivity index (χ2n) is 7.57. The Morgan fingerprint density at radius 3 is 2.47 bits per heavy atom. The van der Waals surface area contributed by atoms with Gasteiger partial charge in [-0.2, -0.15) is 9.97 Å². The first-order valence-electron chi connectivity index (χ1n) is 10.2. The van der Waals surface area contributed by atoms with Crippen LogP contribution in [0.4, 0.5) is 5.95 Å². The number of anilines is 1. The molecule has 1 aromatic carbocycles. The first-order chi connectivity index (χ1) is 14.4. The van der Waals surface area contributed by atoms with Crippen LogP contribution < -0.4 is 10.6 Å². The number of aromatic nitrogens is 5. The molecule has 0 radical (unpaired) electrons. The topological polar surface area (TPSA) is 85.4 Å². The van der Waals surface area contributed by atoms with E-state index in [0.717, 1.165) is 30.5 Å². The van der Waals surface area contributed by atoms with Crippen molar-refractivity contribution in [2.24, 2.45) is 0 Å². The summed E-state index contributed by atoms with van der Waals surface area (Å²) < 4.78 is 15.9. The summed E-state index contributed by atoms with van der Waals surface area (Å²) in [4.78, 5) is 29.0. The highest BCUT2D eigenvalue weighted by Gasteiger charge is 2.25. The van der Waals surface area contributed by atoms with Crippen molar-refractivity contribution in [3.05, 3.63) is 45.9 Å². The van der Waals surface area contributed by atoms with Crippen LogP contribution in [0.25, 0.3) is 16.8 Å². The Bertz CT molecular complexity index is 1260. The monoisotopic (exact) mass is 426 g/mol. The second-order valence-corrected chi connectivity index (χ2v) is 9.04. The Hall–Kier alpha value is -2.81. The molecule has 4 rings (SSSR count). The van der Waals surface area contributed by atoms with Crippen LogP contribution in [0.2, 0.25) is 0 Å². The molecule has 8 nitrogen and oxygen atoms in total. The highest BCUT2D eigenvalue weighted by Crippen LogP contribution is 2.24. The van der Waals surface area contributed by atoms with E-state index in [1.165, 1.54) is 0 Å². The van der Waals surface area contributed by atoms with Crippen molar-refractivity contribution in [3.63, 3.8) is 0 Å². The van der Waals surface area contributed by atoms with Gasteiger partial charge in [0.2, 0.25) is 11.1 Å². The molecule has 4 aromatic rings. The molecule has 0 fully saturated rings. The van der Waals surface area contributed by atoms with Crippen molar-refractivity contribution in [2.45, 2.75) is 45.3 Å². The average Bonchev–Trinajstić information content (AvgIpc) is 3.24. The number of rotatable bonds is 8. The Labute approximate surface area is 177 Å². The molecule has 0 amide bonds. The molecule has 0 spiro atoms. The molecule has 0 N–H and O–H groups in total. The zero-order valence-corrected chi connectivity index (χ0v) is 18.6. The number of nitrogens with zero attached hydrogens (tertiary/aromatic N) is 6. The number of hydrogen-bond donors (Lipinski definition) is 0. The van der Waals surface area contributed by atoms with Crippen LogP contribution in [0, 0.1) is 6.92 Å². The van der Waals surface area contributed by atoms with Crippen molar-refractivity contribution < 1.29 is 4.21 Å².